The molecule has 0 atom stereocenters. The van der Waals surface area contributed by atoms with E-state index in [9.17, 15) is 22.8 Å². The molecule has 0 aliphatic rings. The van der Waals surface area contributed by atoms with E-state index in [1.807, 2.05) is 0 Å². The van der Waals surface area contributed by atoms with E-state index in [2.05, 4.69) is 0 Å². The van der Waals surface area contributed by atoms with E-state index >= 15 is 0 Å². The summed E-state index contributed by atoms with van der Waals surface area (Å²) < 4.78 is 45.5. The predicted octanol–water partition coefficient (Wildman–Crippen LogP) is 4.59. The van der Waals surface area contributed by atoms with Crippen LogP contribution in [0.5, 0.6) is 0 Å². The molecule has 0 bridgehead atoms. The van der Waals surface area contributed by atoms with Crippen molar-refractivity contribution in [3.05, 3.63) is 69.3 Å². The van der Waals surface area contributed by atoms with Gasteiger partial charge in [-0.15, -0.1) is 11.3 Å². The van der Waals surface area contributed by atoms with Gasteiger partial charge in [0.25, 0.3) is 5.56 Å². The van der Waals surface area contributed by atoms with Crippen LogP contribution in [0, 0.1) is 0 Å². The molecule has 0 spiro atoms. The number of thiophene rings is 1. The molecule has 0 saturated carbocycles. The Morgan fingerprint density at radius 2 is 1.79 bits per heavy atom. The number of methoxy groups -OCH3 is 1. The fourth-order valence-corrected chi connectivity index (χ4v) is 4.42. The van der Waals surface area contributed by atoms with Crippen molar-refractivity contribution in [3.63, 3.8) is 0 Å². The lowest BCUT2D eigenvalue weighted by Crippen LogP contribution is -2.19. The normalized spacial score (nSPS) is 11.9. The van der Waals surface area contributed by atoms with Crippen LogP contribution in [0.3, 0.4) is 0 Å². The van der Waals surface area contributed by atoms with Crippen LogP contribution >= 0.6 is 11.3 Å². The Bertz CT molecular complexity index is 1340. The van der Waals surface area contributed by atoms with E-state index in [0.29, 0.717) is 10.8 Å². The van der Waals surface area contributed by atoms with Crippen molar-refractivity contribution < 1.29 is 22.7 Å². The number of halogens is 3. The highest BCUT2D eigenvalue weighted by molar-refractivity contribution is 7.21. The minimum Gasteiger partial charge on any atom is -0.465 e. The molecule has 0 saturated heterocycles. The second kappa shape index (κ2) is 6.63. The number of benzene rings is 2. The molecule has 2 N–H and O–H groups in total. The smallest absolute Gasteiger partial charge is 0.416 e. The van der Waals surface area contributed by atoms with Gasteiger partial charge in [0.2, 0.25) is 0 Å². The largest absolute Gasteiger partial charge is 0.465 e. The van der Waals surface area contributed by atoms with Gasteiger partial charge in [-0.3, -0.25) is 9.36 Å². The number of carbonyl (C=O) groups is 1. The van der Waals surface area contributed by atoms with Crippen molar-refractivity contribution in [2.45, 2.75) is 6.18 Å². The molecule has 0 aliphatic heterocycles. The van der Waals surface area contributed by atoms with Gasteiger partial charge in [0.05, 0.1) is 24.0 Å². The number of pyridine rings is 1. The van der Waals surface area contributed by atoms with Gasteiger partial charge in [-0.25, -0.2) is 4.79 Å². The number of hydrogen-bond acceptors (Lipinski definition) is 5. The van der Waals surface area contributed by atoms with Gasteiger partial charge < -0.3 is 10.5 Å². The monoisotopic (exact) mass is 418 g/mol. The van der Waals surface area contributed by atoms with Crippen LogP contribution in [-0.2, 0) is 10.9 Å². The molecule has 148 valence electrons. The lowest BCUT2D eigenvalue weighted by molar-refractivity contribution is -0.137. The maximum absolute atomic E-state index is 13.2. The Morgan fingerprint density at radius 1 is 1.10 bits per heavy atom. The van der Waals surface area contributed by atoms with Crippen LogP contribution in [0.15, 0.2) is 53.3 Å². The van der Waals surface area contributed by atoms with Crippen LogP contribution in [0.2, 0.25) is 0 Å². The zero-order valence-corrected chi connectivity index (χ0v) is 15.7. The molecule has 9 heteroatoms. The van der Waals surface area contributed by atoms with Crippen molar-refractivity contribution in [3.8, 4) is 5.69 Å². The third kappa shape index (κ3) is 2.94. The Hall–Kier alpha value is -3.33. The first-order chi connectivity index (χ1) is 13.7. The minimum absolute atomic E-state index is 0.0262. The molecule has 4 rings (SSSR count). The highest BCUT2D eigenvalue weighted by Gasteiger charge is 2.31. The SMILES string of the molecule is COC(=O)c1sc2c(c1N)c1ccccc1c(=O)n2-c1cccc(C(F)(F)F)c1. The van der Waals surface area contributed by atoms with Crippen molar-refractivity contribution in [2.75, 3.05) is 12.8 Å². The van der Waals surface area contributed by atoms with E-state index < -0.39 is 23.3 Å². The number of nitrogen functional groups attached to an aromatic ring is 1. The standard InChI is InChI=1S/C20H13F3N2O3S/c1-28-19(27)16-15(24)14-12-7-2-3-8-13(12)17(26)25(18(14)29-16)11-6-4-5-10(9-11)20(21,22)23/h2-9H,24H2,1H3. The molecule has 0 aliphatic carbocycles. The first-order valence-electron chi connectivity index (χ1n) is 8.35. The first-order valence-corrected chi connectivity index (χ1v) is 9.17. The van der Waals surface area contributed by atoms with Crippen molar-refractivity contribution in [2.24, 2.45) is 0 Å². The summed E-state index contributed by atoms with van der Waals surface area (Å²) in [6, 6.07) is 11.1. The van der Waals surface area contributed by atoms with Gasteiger partial charge in [0, 0.05) is 10.8 Å². The number of ether oxygens (including phenoxy) is 1. The Balaban J connectivity index is 2.18. The molecule has 2 heterocycles. The summed E-state index contributed by atoms with van der Waals surface area (Å²) in [6.45, 7) is 0. The maximum atomic E-state index is 13.2. The summed E-state index contributed by atoms with van der Waals surface area (Å²) >= 11 is 0.903. The molecular weight excluding hydrogens is 405 g/mol. The average molecular weight is 418 g/mol. The van der Waals surface area contributed by atoms with E-state index in [0.717, 1.165) is 28.0 Å². The molecule has 0 radical (unpaired) electrons. The summed E-state index contributed by atoms with van der Waals surface area (Å²) in [4.78, 5) is 25.7. The fraction of sp³-hybridized carbons (Fsp3) is 0.100. The van der Waals surface area contributed by atoms with Crippen molar-refractivity contribution in [1.82, 2.24) is 4.57 Å². The quantitative estimate of drug-likeness (QED) is 0.483. The molecule has 5 nitrogen and oxygen atoms in total. The van der Waals surface area contributed by atoms with E-state index in [1.165, 1.54) is 19.2 Å². The third-order valence-electron chi connectivity index (χ3n) is 4.56. The summed E-state index contributed by atoms with van der Waals surface area (Å²) in [6.07, 6.45) is -4.57. The zero-order chi connectivity index (χ0) is 20.9. The van der Waals surface area contributed by atoms with Crippen LogP contribution < -0.4 is 11.3 Å². The number of nitrogens with zero attached hydrogens (tertiary/aromatic N) is 1. The van der Waals surface area contributed by atoms with Crippen molar-refractivity contribution >= 4 is 44.0 Å². The van der Waals surface area contributed by atoms with Crippen LogP contribution in [-0.4, -0.2) is 17.6 Å². The van der Waals surface area contributed by atoms with Gasteiger partial charge in [-0.05, 0) is 29.7 Å². The Kier molecular flexibility index (Phi) is 4.34. The van der Waals surface area contributed by atoms with Gasteiger partial charge in [0.1, 0.15) is 9.71 Å². The molecule has 0 unspecified atom stereocenters. The van der Waals surface area contributed by atoms with Crippen molar-refractivity contribution in [1.29, 1.82) is 0 Å². The summed E-state index contributed by atoms with van der Waals surface area (Å²) in [7, 11) is 1.20. The first kappa shape index (κ1) is 19.0. The number of esters is 1. The highest BCUT2D eigenvalue weighted by Crippen LogP contribution is 2.39. The number of aromatic nitrogens is 1. The van der Waals surface area contributed by atoms with E-state index in [1.54, 1.807) is 24.3 Å². The lowest BCUT2D eigenvalue weighted by Gasteiger charge is -2.13. The van der Waals surface area contributed by atoms with Gasteiger partial charge in [-0.1, -0.05) is 24.3 Å². The third-order valence-corrected chi connectivity index (χ3v) is 5.73. The highest BCUT2D eigenvalue weighted by atomic mass is 32.1. The molecular formula is C20H13F3N2O3S. The van der Waals surface area contributed by atoms with Gasteiger partial charge >= 0.3 is 12.1 Å². The summed E-state index contributed by atoms with van der Waals surface area (Å²) in [5.41, 5.74) is 4.94. The lowest BCUT2D eigenvalue weighted by atomic mass is 10.1. The fourth-order valence-electron chi connectivity index (χ4n) is 3.25. The number of carbonyl (C=O) groups excluding carboxylic acids is 1. The van der Waals surface area contributed by atoms with Crippen LogP contribution in [0.25, 0.3) is 26.7 Å². The van der Waals surface area contributed by atoms with Crippen LogP contribution in [0.4, 0.5) is 18.9 Å². The number of nitrogens with two attached hydrogens (primary N) is 1. The van der Waals surface area contributed by atoms with Crippen LogP contribution in [0.1, 0.15) is 15.2 Å². The molecule has 2 aromatic heterocycles. The zero-order valence-electron chi connectivity index (χ0n) is 14.9. The van der Waals surface area contributed by atoms with E-state index in [-0.39, 0.29) is 26.5 Å². The van der Waals surface area contributed by atoms with E-state index in [4.69, 9.17) is 10.5 Å². The molecule has 0 fully saturated rings. The summed E-state index contributed by atoms with van der Waals surface area (Å²) in [5, 5.41) is 1.21. The van der Waals surface area contributed by atoms with Gasteiger partial charge in [0.15, 0.2) is 0 Å². The molecule has 29 heavy (non-hydrogen) atoms. The second-order valence-electron chi connectivity index (χ2n) is 6.25. The topological polar surface area (TPSA) is 74.3 Å². The molecule has 4 aromatic rings. The van der Waals surface area contributed by atoms with Gasteiger partial charge in [-0.2, -0.15) is 13.2 Å². The Labute approximate surface area is 165 Å². The number of hydrogen-bond donors (Lipinski definition) is 1. The minimum atomic E-state index is -4.57. The number of alkyl halides is 3. The molecule has 0 amide bonds. The maximum Gasteiger partial charge on any atom is 0.416 e. The Morgan fingerprint density at radius 3 is 2.45 bits per heavy atom. The second-order valence-corrected chi connectivity index (χ2v) is 7.25. The number of rotatable bonds is 2. The average Bonchev–Trinajstić information content (AvgIpc) is 3.04. The number of anilines is 1. The number of fused-ring (bicyclic) bond motifs is 3. The predicted molar refractivity (Wildman–Crippen MR) is 106 cm³/mol. The summed E-state index contributed by atoms with van der Waals surface area (Å²) in [5.74, 6) is -0.684. The molecule has 2 aromatic carbocycles.